The summed E-state index contributed by atoms with van der Waals surface area (Å²) in [6, 6.07) is 15.4. The van der Waals surface area contributed by atoms with Gasteiger partial charge in [0, 0.05) is 11.4 Å². The molecule has 2 aromatic carbocycles. The second-order valence-electron chi connectivity index (χ2n) is 5.85. The largest absolute Gasteiger partial charge is 0.491 e. The molecule has 0 spiro atoms. The third-order valence-corrected chi connectivity index (χ3v) is 4.45. The molecular formula is C19H22ClN2O2+. The quantitative estimate of drug-likeness (QED) is 0.697. The number of rotatable bonds is 6. The lowest BCUT2D eigenvalue weighted by atomic mass is 10.3. The SMILES string of the molecule is CCc1n(C[C@H](O)COc2ccc(Cl)cc2)c2ccccc2[n+]1C. The van der Waals surface area contributed by atoms with Crippen molar-refractivity contribution in [2.24, 2.45) is 7.05 Å². The summed E-state index contributed by atoms with van der Waals surface area (Å²) < 4.78 is 10.0. The highest BCUT2D eigenvalue weighted by Crippen LogP contribution is 2.17. The summed E-state index contributed by atoms with van der Waals surface area (Å²) in [5, 5.41) is 11.1. The molecule has 1 N–H and O–H groups in total. The molecule has 4 nitrogen and oxygen atoms in total. The van der Waals surface area contributed by atoms with E-state index in [9.17, 15) is 5.11 Å². The zero-order valence-electron chi connectivity index (χ0n) is 13.9. The van der Waals surface area contributed by atoms with Crippen LogP contribution >= 0.6 is 11.6 Å². The van der Waals surface area contributed by atoms with Crippen LogP contribution in [0.2, 0.25) is 5.02 Å². The maximum atomic E-state index is 10.4. The fourth-order valence-electron chi connectivity index (χ4n) is 3.05. The van der Waals surface area contributed by atoms with Gasteiger partial charge in [0.1, 0.15) is 25.0 Å². The standard InChI is InChI=1S/C19H22ClN2O2/c1-3-19-21(2)17-6-4-5-7-18(17)22(19)12-15(23)13-24-16-10-8-14(20)9-11-16/h4-11,15,23H,3,12-13H2,1-2H3/q+1/t15-/m0/s1. The third-order valence-electron chi connectivity index (χ3n) is 4.20. The van der Waals surface area contributed by atoms with E-state index in [0.717, 1.165) is 11.9 Å². The number of aliphatic hydroxyl groups excluding tert-OH is 1. The number of hydrogen-bond donors (Lipinski definition) is 1. The Morgan fingerprint density at radius 1 is 1.17 bits per heavy atom. The average Bonchev–Trinajstić information content (AvgIpc) is 2.86. The zero-order valence-corrected chi connectivity index (χ0v) is 14.7. The highest BCUT2D eigenvalue weighted by atomic mass is 35.5. The molecule has 0 aliphatic heterocycles. The highest BCUT2D eigenvalue weighted by molar-refractivity contribution is 6.30. The number of imidazole rings is 1. The number of ether oxygens (including phenoxy) is 1. The van der Waals surface area contributed by atoms with Gasteiger partial charge < -0.3 is 9.84 Å². The summed E-state index contributed by atoms with van der Waals surface area (Å²) in [7, 11) is 2.06. The maximum absolute atomic E-state index is 10.4. The van der Waals surface area contributed by atoms with Crippen LogP contribution in [0.25, 0.3) is 11.0 Å². The van der Waals surface area contributed by atoms with Crippen LogP contribution in [-0.4, -0.2) is 22.4 Å². The van der Waals surface area contributed by atoms with Crippen LogP contribution < -0.4 is 9.30 Å². The van der Waals surface area contributed by atoms with E-state index in [-0.39, 0.29) is 6.61 Å². The molecule has 0 saturated carbocycles. The minimum Gasteiger partial charge on any atom is -0.491 e. The summed E-state index contributed by atoms with van der Waals surface area (Å²) in [4.78, 5) is 0. The van der Waals surface area contributed by atoms with E-state index in [0.29, 0.717) is 17.3 Å². The third kappa shape index (κ3) is 3.40. The van der Waals surface area contributed by atoms with Crippen molar-refractivity contribution in [2.75, 3.05) is 6.61 Å². The molecule has 0 radical (unpaired) electrons. The molecule has 3 aromatic rings. The minimum atomic E-state index is -0.596. The number of aryl methyl sites for hydroxylation is 1. The summed E-state index contributed by atoms with van der Waals surface area (Å²) in [6.07, 6.45) is 0.303. The molecule has 0 aliphatic rings. The van der Waals surface area contributed by atoms with Gasteiger partial charge in [0.2, 0.25) is 0 Å². The first-order valence-electron chi connectivity index (χ1n) is 8.12. The predicted octanol–water partition coefficient (Wildman–Crippen LogP) is 3.12. The summed E-state index contributed by atoms with van der Waals surface area (Å²) in [5.41, 5.74) is 2.29. The first-order chi connectivity index (χ1) is 11.6. The number of halogens is 1. The van der Waals surface area contributed by atoms with Crippen LogP contribution in [-0.2, 0) is 20.0 Å². The van der Waals surface area contributed by atoms with E-state index in [1.54, 1.807) is 24.3 Å². The van der Waals surface area contributed by atoms with Gasteiger partial charge in [0.15, 0.2) is 11.0 Å². The lowest BCUT2D eigenvalue weighted by Gasteiger charge is -2.12. The molecule has 0 aliphatic carbocycles. The van der Waals surface area contributed by atoms with Gasteiger partial charge in [-0.2, -0.15) is 0 Å². The lowest BCUT2D eigenvalue weighted by Crippen LogP contribution is -2.34. The van der Waals surface area contributed by atoms with E-state index in [1.165, 1.54) is 11.3 Å². The van der Waals surface area contributed by atoms with Crippen LogP contribution in [0.4, 0.5) is 0 Å². The number of nitrogens with zero attached hydrogens (tertiary/aromatic N) is 2. The van der Waals surface area contributed by atoms with E-state index in [4.69, 9.17) is 16.3 Å². The first-order valence-corrected chi connectivity index (χ1v) is 8.50. The van der Waals surface area contributed by atoms with Crippen molar-refractivity contribution >= 4 is 22.6 Å². The van der Waals surface area contributed by atoms with Crippen molar-refractivity contribution in [3.05, 3.63) is 59.4 Å². The Hall–Kier alpha value is -2.04. The van der Waals surface area contributed by atoms with E-state index in [1.807, 2.05) is 12.1 Å². The molecule has 0 fully saturated rings. The lowest BCUT2D eigenvalue weighted by molar-refractivity contribution is -0.653. The molecular weight excluding hydrogens is 324 g/mol. The number of aromatic nitrogens is 2. The van der Waals surface area contributed by atoms with Gasteiger partial charge in [-0.15, -0.1) is 0 Å². The van der Waals surface area contributed by atoms with Gasteiger partial charge >= 0.3 is 0 Å². The van der Waals surface area contributed by atoms with Gasteiger partial charge in [-0.3, -0.25) is 0 Å². The van der Waals surface area contributed by atoms with Gasteiger partial charge in [0.05, 0.1) is 7.05 Å². The molecule has 1 atom stereocenters. The minimum absolute atomic E-state index is 0.237. The molecule has 5 heteroatoms. The predicted molar refractivity (Wildman–Crippen MR) is 95.4 cm³/mol. The highest BCUT2D eigenvalue weighted by Gasteiger charge is 2.23. The van der Waals surface area contributed by atoms with E-state index in [2.05, 4.69) is 35.2 Å². The van der Waals surface area contributed by atoms with Crippen molar-refractivity contribution in [3.8, 4) is 5.75 Å². The fraction of sp³-hybridized carbons (Fsp3) is 0.316. The van der Waals surface area contributed by atoms with Crippen molar-refractivity contribution in [3.63, 3.8) is 0 Å². The van der Waals surface area contributed by atoms with E-state index < -0.39 is 6.10 Å². The molecule has 0 unspecified atom stereocenters. The molecule has 1 heterocycles. The Kier molecular flexibility index (Phi) is 5.07. The number of fused-ring (bicyclic) bond motifs is 1. The zero-order chi connectivity index (χ0) is 17.1. The topological polar surface area (TPSA) is 38.3 Å². The van der Waals surface area contributed by atoms with Gasteiger partial charge in [0.25, 0.3) is 5.82 Å². The second kappa shape index (κ2) is 7.24. The summed E-state index contributed by atoms with van der Waals surface area (Å²) in [6.45, 7) is 2.86. The van der Waals surface area contributed by atoms with Gasteiger partial charge in [-0.05, 0) is 36.4 Å². The average molecular weight is 346 g/mol. The molecule has 0 amide bonds. The number of hydrogen-bond acceptors (Lipinski definition) is 2. The van der Waals surface area contributed by atoms with Crippen molar-refractivity contribution in [1.82, 2.24) is 4.57 Å². The molecule has 1 aromatic heterocycles. The Morgan fingerprint density at radius 2 is 1.88 bits per heavy atom. The molecule has 24 heavy (non-hydrogen) atoms. The number of para-hydroxylation sites is 2. The monoisotopic (exact) mass is 345 g/mol. The Balaban J connectivity index is 1.75. The molecule has 0 saturated heterocycles. The number of aliphatic hydroxyl groups is 1. The normalized spacial score (nSPS) is 12.5. The van der Waals surface area contributed by atoms with Crippen LogP contribution in [0.5, 0.6) is 5.75 Å². The van der Waals surface area contributed by atoms with Crippen molar-refractivity contribution in [1.29, 1.82) is 0 Å². The molecule has 0 bridgehead atoms. The van der Waals surface area contributed by atoms with Crippen LogP contribution in [0.3, 0.4) is 0 Å². The Bertz CT molecular complexity index is 827. The molecule has 126 valence electrons. The van der Waals surface area contributed by atoms with Gasteiger partial charge in [-0.25, -0.2) is 9.13 Å². The fourth-order valence-corrected chi connectivity index (χ4v) is 3.18. The van der Waals surface area contributed by atoms with E-state index >= 15 is 0 Å². The summed E-state index contributed by atoms with van der Waals surface area (Å²) in [5.74, 6) is 1.89. The van der Waals surface area contributed by atoms with Crippen LogP contribution in [0, 0.1) is 0 Å². The first kappa shape index (κ1) is 16.8. The van der Waals surface area contributed by atoms with Gasteiger partial charge in [-0.1, -0.05) is 30.7 Å². The maximum Gasteiger partial charge on any atom is 0.256 e. The van der Waals surface area contributed by atoms with Crippen LogP contribution in [0.15, 0.2) is 48.5 Å². The van der Waals surface area contributed by atoms with Crippen LogP contribution in [0.1, 0.15) is 12.7 Å². The number of benzene rings is 2. The van der Waals surface area contributed by atoms with Crippen molar-refractivity contribution < 1.29 is 14.4 Å². The molecule has 3 rings (SSSR count). The Morgan fingerprint density at radius 3 is 2.58 bits per heavy atom. The smallest absolute Gasteiger partial charge is 0.256 e. The van der Waals surface area contributed by atoms with Crippen molar-refractivity contribution in [2.45, 2.75) is 26.0 Å². The second-order valence-corrected chi connectivity index (χ2v) is 6.28. The summed E-state index contributed by atoms with van der Waals surface area (Å²) >= 11 is 5.86. The Labute approximate surface area is 146 Å².